The highest BCUT2D eigenvalue weighted by atomic mass is 16.5. The van der Waals surface area contributed by atoms with E-state index < -0.39 is 0 Å². The largest absolute Gasteiger partial charge is 0.497 e. The molecule has 0 unspecified atom stereocenters. The summed E-state index contributed by atoms with van der Waals surface area (Å²) < 4.78 is 16.3. The van der Waals surface area contributed by atoms with Crippen LogP contribution in [0.4, 0.5) is 0 Å². The van der Waals surface area contributed by atoms with Gasteiger partial charge >= 0.3 is 0 Å². The third kappa shape index (κ3) is 6.08. The smallest absolute Gasteiger partial charge is 0.177 e. The van der Waals surface area contributed by atoms with Crippen LogP contribution in [0.2, 0.25) is 0 Å². The van der Waals surface area contributed by atoms with Crippen molar-refractivity contribution in [2.24, 2.45) is 16.5 Å². The summed E-state index contributed by atoms with van der Waals surface area (Å²) in [6.45, 7) is 6.55. The maximum Gasteiger partial charge on any atom is 0.177 e. The number of hydrogen-bond donors (Lipinski definition) is 3. The van der Waals surface area contributed by atoms with Gasteiger partial charge in [0.1, 0.15) is 23.9 Å². The molecule has 0 aliphatic rings. The molecule has 0 spiro atoms. The van der Waals surface area contributed by atoms with Gasteiger partial charge in [0.2, 0.25) is 0 Å². The summed E-state index contributed by atoms with van der Waals surface area (Å²) >= 11 is 0. The number of amidine groups is 1. The maximum atomic E-state index is 5.75. The number of methoxy groups -OCH3 is 1. The molecule has 0 aliphatic heterocycles. The van der Waals surface area contributed by atoms with Crippen molar-refractivity contribution < 1.29 is 14.0 Å². The van der Waals surface area contributed by atoms with Crippen LogP contribution in [0.15, 0.2) is 64.2 Å². The Morgan fingerprint density at radius 3 is 2.71 bits per heavy atom. The molecule has 1 heterocycles. The number of nitrogens with one attached hydrogen (secondary N) is 1. The summed E-state index contributed by atoms with van der Waals surface area (Å²) in [5, 5.41) is 7.23. The van der Waals surface area contributed by atoms with Crippen molar-refractivity contribution >= 4 is 5.84 Å². The highest BCUT2D eigenvalue weighted by Crippen LogP contribution is 2.22. The van der Waals surface area contributed by atoms with E-state index in [2.05, 4.69) is 29.0 Å². The molecule has 5 N–H and O–H groups in total. The summed E-state index contributed by atoms with van der Waals surface area (Å²) in [4.78, 5) is 4.16. The van der Waals surface area contributed by atoms with E-state index in [-0.39, 0.29) is 12.4 Å². The van der Waals surface area contributed by atoms with Gasteiger partial charge in [-0.1, -0.05) is 25.1 Å². The zero-order valence-corrected chi connectivity index (χ0v) is 16.3. The first-order valence-electron chi connectivity index (χ1n) is 8.99. The third-order valence-corrected chi connectivity index (χ3v) is 3.78. The predicted molar refractivity (Wildman–Crippen MR) is 109 cm³/mol. The number of rotatable bonds is 10. The van der Waals surface area contributed by atoms with Crippen molar-refractivity contribution in [1.82, 2.24) is 10.5 Å². The number of benzene rings is 1. The van der Waals surface area contributed by atoms with Crippen LogP contribution in [0, 0.1) is 0 Å². The minimum absolute atomic E-state index is 0.137. The van der Waals surface area contributed by atoms with Gasteiger partial charge in [0, 0.05) is 24.4 Å². The predicted octanol–water partition coefficient (Wildman–Crippen LogP) is 2.89. The van der Waals surface area contributed by atoms with E-state index >= 15 is 0 Å². The minimum Gasteiger partial charge on any atom is -0.497 e. The lowest BCUT2D eigenvalue weighted by atomic mass is 10.1. The number of hydrogen-bond acceptors (Lipinski definition) is 7. The van der Waals surface area contributed by atoms with Crippen LogP contribution in [0.3, 0.4) is 0 Å². The standard InChI is InChI=1S/C20H27N5O3/c1-4-5-10-23-20(24-14(2)22)19(12-21)27-13-17-11-18(25-28-17)15-6-8-16(26-3)9-7-15/h6-9,11-12H,2,4-5,10,13,21-22H2,1,3H3,(H,23,24)/b19-12+. The van der Waals surface area contributed by atoms with Crippen molar-refractivity contribution in [3.8, 4) is 17.0 Å². The fourth-order valence-electron chi connectivity index (χ4n) is 2.33. The molecule has 2 aromatic rings. The van der Waals surface area contributed by atoms with Crippen molar-refractivity contribution in [3.63, 3.8) is 0 Å². The second-order valence-corrected chi connectivity index (χ2v) is 5.96. The number of aromatic nitrogens is 1. The van der Waals surface area contributed by atoms with E-state index in [1.165, 1.54) is 6.20 Å². The molecule has 0 atom stereocenters. The average Bonchev–Trinajstić information content (AvgIpc) is 3.17. The van der Waals surface area contributed by atoms with Crippen molar-refractivity contribution in [2.75, 3.05) is 13.7 Å². The maximum absolute atomic E-state index is 5.75. The number of ether oxygens (including phenoxy) is 2. The summed E-state index contributed by atoms with van der Waals surface area (Å²) in [5.41, 5.74) is 12.9. The topological polar surface area (TPSA) is 121 Å². The van der Waals surface area contributed by atoms with Gasteiger partial charge in [0.05, 0.1) is 7.11 Å². The van der Waals surface area contributed by atoms with Crippen LogP contribution in [0.5, 0.6) is 5.75 Å². The molecule has 2 rings (SSSR count). The number of aliphatic imine (C=N–C) groups is 1. The molecule has 0 saturated carbocycles. The van der Waals surface area contributed by atoms with Gasteiger partial charge in [0.15, 0.2) is 17.4 Å². The van der Waals surface area contributed by atoms with Gasteiger partial charge in [-0.25, -0.2) is 4.99 Å². The molecule has 28 heavy (non-hydrogen) atoms. The van der Waals surface area contributed by atoms with E-state index in [1.54, 1.807) is 13.2 Å². The molecule has 0 bridgehead atoms. The van der Waals surface area contributed by atoms with Crippen LogP contribution in [0.1, 0.15) is 25.5 Å². The summed E-state index contributed by atoms with van der Waals surface area (Å²) in [6.07, 6.45) is 3.33. The first kappa shape index (κ1) is 20.9. The second kappa shape index (κ2) is 10.7. The van der Waals surface area contributed by atoms with Crippen molar-refractivity contribution in [2.45, 2.75) is 26.4 Å². The lowest BCUT2D eigenvalue weighted by molar-refractivity contribution is 0.181. The highest BCUT2D eigenvalue weighted by Gasteiger charge is 2.12. The molecule has 0 aliphatic carbocycles. The Balaban J connectivity index is 2.04. The molecule has 8 nitrogen and oxygen atoms in total. The Hall–Kier alpha value is -3.42. The van der Waals surface area contributed by atoms with Crippen LogP contribution in [-0.2, 0) is 11.3 Å². The first-order chi connectivity index (χ1) is 13.6. The Morgan fingerprint density at radius 2 is 2.11 bits per heavy atom. The van der Waals surface area contributed by atoms with Crippen LogP contribution < -0.4 is 21.5 Å². The Morgan fingerprint density at radius 1 is 1.36 bits per heavy atom. The van der Waals surface area contributed by atoms with Crippen molar-refractivity contribution in [1.29, 1.82) is 0 Å². The van der Waals surface area contributed by atoms with E-state index in [9.17, 15) is 0 Å². The number of nitrogens with two attached hydrogens (primary N) is 2. The molecule has 1 aromatic carbocycles. The van der Waals surface area contributed by atoms with Gasteiger partial charge < -0.3 is 30.8 Å². The molecule has 150 valence electrons. The van der Waals surface area contributed by atoms with Gasteiger partial charge in [0.25, 0.3) is 0 Å². The average molecular weight is 385 g/mol. The molecular weight excluding hydrogens is 358 g/mol. The van der Waals surface area contributed by atoms with Crippen LogP contribution >= 0.6 is 0 Å². The lowest BCUT2D eigenvalue weighted by Gasteiger charge is -2.13. The normalized spacial score (nSPS) is 11.9. The summed E-state index contributed by atoms with van der Waals surface area (Å²) in [7, 11) is 1.62. The van der Waals surface area contributed by atoms with E-state index in [1.807, 2.05) is 24.3 Å². The van der Waals surface area contributed by atoms with Gasteiger partial charge in [-0.05, 0) is 30.7 Å². The zero-order chi connectivity index (χ0) is 20.4. The first-order valence-corrected chi connectivity index (χ1v) is 8.99. The van der Waals surface area contributed by atoms with Crippen molar-refractivity contribution in [3.05, 3.63) is 60.5 Å². The number of unbranched alkanes of at least 4 members (excludes halogenated alkanes) is 1. The molecule has 0 saturated heterocycles. The Bertz CT molecular complexity index is 825. The van der Waals surface area contributed by atoms with Crippen LogP contribution in [0.25, 0.3) is 11.3 Å². The molecular formula is C20H27N5O3. The monoisotopic (exact) mass is 385 g/mol. The second-order valence-electron chi connectivity index (χ2n) is 5.96. The molecule has 8 heteroatoms. The Kier molecular flexibility index (Phi) is 7.95. The summed E-state index contributed by atoms with van der Waals surface area (Å²) in [6, 6.07) is 9.34. The summed E-state index contributed by atoms with van der Waals surface area (Å²) in [5.74, 6) is 2.26. The molecule has 0 radical (unpaired) electrons. The van der Waals surface area contributed by atoms with E-state index in [0.29, 0.717) is 29.6 Å². The van der Waals surface area contributed by atoms with E-state index in [0.717, 1.165) is 24.2 Å². The quantitative estimate of drug-likeness (QED) is 0.249. The van der Waals surface area contributed by atoms with Gasteiger partial charge in [-0.3, -0.25) is 0 Å². The fraction of sp³-hybridized carbons (Fsp3) is 0.300. The molecule has 0 fully saturated rings. The van der Waals surface area contributed by atoms with E-state index in [4.69, 9.17) is 25.5 Å². The van der Waals surface area contributed by atoms with Gasteiger partial charge in [-0.15, -0.1) is 0 Å². The Labute approximate surface area is 164 Å². The lowest BCUT2D eigenvalue weighted by Crippen LogP contribution is -2.28. The fourth-order valence-corrected chi connectivity index (χ4v) is 2.33. The number of nitrogens with zero attached hydrogens (tertiary/aromatic N) is 2. The SMILES string of the molecule is C=C(N)/N=C(NCCCC)\C(=C/N)OCc1cc(-c2ccc(OC)cc2)no1. The minimum atomic E-state index is 0.137. The molecule has 1 aromatic heterocycles. The third-order valence-electron chi connectivity index (χ3n) is 3.78. The molecule has 0 amide bonds. The van der Waals surface area contributed by atoms with Crippen LogP contribution in [-0.4, -0.2) is 24.6 Å². The van der Waals surface area contributed by atoms with Gasteiger partial charge in [-0.2, -0.15) is 0 Å². The zero-order valence-electron chi connectivity index (χ0n) is 16.3. The highest BCUT2D eigenvalue weighted by molar-refractivity contribution is 5.97.